The molecule has 1 amide bonds. The lowest BCUT2D eigenvalue weighted by molar-refractivity contribution is -0.149. The molecule has 0 aliphatic carbocycles. The third-order valence-electron chi connectivity index (χ3n) is 5.89. The Balaban J connectivity index is 1.46. The van der Waals surface area contributed by atoms with Crippen molar-refractivity contribution in [2.75, 3.05) is 26.2 Å². The van der Waals surface area contributed by atoms with Gasteiger partial charge in [0.05, 0.1) is 17.4 Å². The first-order chi connectivity index (χ1) is 14.9. The van der Waals surface area contributed by atoms with Crippen LogP contribution in [0.5, 0.6) is 0 Å². The molecule has 166 valence electrons. The fourth-order valence-electron chi connectivity index (χ4n) is 4.13. The van der Waals surface area contributed by atoms with Gasteiger partial charge in [0.2, 0.25) is 10.0 Å². The van der Waals surface area contributed by atoms with Crippen molar-refractivity contribution in [1.82, 2.24) is 9.21 Å². The Hall–Kier alpha value is -2.23. The molecule has 1 fully saturated rings. The molecule has 0 bridgehead atoms. The van der Waals surface area contributed by atoms with E-state index >= 15 is 0 Å². The van der Waals surface area contributed by atoms with E-state index in [1.54, 1.807) is 41.4 Å². The summed E-state index contributed by atoms with van der Waals surface area (Å²) < 4.78 is 33.0. The molecule has 0 spiro atoms. The van der Waals surface area contributed by atoms with E-state index < -0.39 is 10.0 Å². The Morgan fingerprint density at radius 1 is 1.16 bits per heavy atom. The minimum Gasteiger partial charge on any atom is -0.466 e. The molecule has 0 atom stereocenters. The second-order valence-electron chi connectivity index (χ2n) is 7.80. The molecule has 7 nitrogen and oxygen atoms in total. The van der Waals surface area contributed by atoms with Crippen molar-refractivity contribution in [3.8, 4) is 0 Å². The predicted molar refractivity (Wildman–Crippen MR) is 117 cm³/mol. The van der Waals surface area contributed by atoms with Crippen LogP contribution in [0.15, 0.2) is 40.6 Å². The SMILES string of the molecule is CCOC(=O)C1CCN(C(=O)c2cccc(S(=O)(=O)N3CCc4sccc4C3)c2)CC1. The summed E-state index contributed by atoms with van der Waals surface area (Å²) in [5, 5.41) is 1.99. The molecule has 0 N–H and O–H groups in total. The summed E-state index contributed by atoms with van der Waals surface area (Å²) in [5.74, 6) is -0.604. The number of carbonyl (C=O) groups excluding carboxylic acids is 2. The van der Waals surface area contributed by atoms with E-state index in [2.05, 4.69) is 0 Å². The van der Waals surface area contributed by atoms with Gasteiger partial charge in [0, 0.05) is 36.6 Å². The van der Waals surface area contributed by atoms with Gasteiger partial charge in [0.1, 0.15) is 0 Å². The van der Waals surface area contributed by atoms with Crippen LogP contribution in [0.2, 0.25) is 0 Å². The Morgan fingerprint density at radius 2 is 1.94 bits per heavy atom. The van der Waals surface area contributed by atoms with Gasteiger partial charge in [-0.1, -0.05) is 6.07 Å². The van der Waals surface area contributed by atoms with Crippen molar-refractivity contribution >= 4 is 33.2 Å². The zero-order valence-corrected chi connectivity index (χ0v) is 19.1. The maximum atomic E-state index is 13.2. The smallest absolute Gasteiger partial charge is 0.309 e. The van der Waals surface area contributed by atoms with E-state index in [0.717, 1.165) is 5.56 Å². The average Bonchev–Trinajstić information content (AvgIpc) is 3.27. The third kappa shape index (κ3) is 4.53. The van der Waals surface area contributed by atoms with Crippen molar-refractivity contribution in [2.45, 2.75) is 37.6 Å². The van der Waals surface area contributed by atoms with Gasteiger partial charge in [-0.15, -0.1) is 11.3 Å². The molecule has 2 aliphatic heterocycles. The van der Waals surface area contributed by atoms with Crippen LogP contribution in [-0.4, -0.2) is 55.7 Å². The monoisotopic (exact) mass is 462 g/mol. The van der Waals surface area contributed by atoms with E-state index in [4.69, 9.17) is 4.74 Å². The summed E-state index contributed by atoms with van der Waals surface area (Å²) >= 11 is 1.66. The highest BCUT2D eigenvalue weighted by Gasteiger charge is 2.31. The van der Waals surface area contributed by atoms with Crippen LogP contribution < -0.4 is 0 Å². The number of nitrogens with zero attached hydrogens (tertiary/aromatic N) is 2. The molecule has 0 saturated carbocycles. The topological polar surface area (TPSA) is 84.0 Å². The van der Waals surface area contributed by atoms with Gasteiger partial charge in [-0.05, 0) is 61.4 Å². The summed E-state index contributed by atoms with van der Waals surface area (Å²) in [4.78, 5) is 28.0. The normalized spacial score (nSPS) is 17.9. The number of amides is 1. The van der Waals surface area contributed by atoms with E-state index in [-0.39, 0.29) is 22.7 Å². The summed E-state index contributed by atoms with van der Waals surface area (Å²) in [5.41, 5.74) is 1.40. The molecule has 0 radical (unpaired) electrons. The quantitative estimate of drug-likeness (QED) is 0.638. The van der Waals surface area contributed by atoms with Crippen LogP contribution in [0.25, 0.3) is 0 Å². The number of piperidine rings is 1. The summed E-state index contributed by atoms with van der Waals surface area (Å²) in [7, 11) is -3.69. The van der Waals surface area contributed by atoms with Gasteiger partial charge in [-0.3, -0.25) is 9.59 Å². The molecule has 3 heterocycles. The van der Waals surface area contributed by atoms with Crippen molar-refractivity contribution in [2.24, 2.45) is 5.92 Å². The number of carbonyl (C=O) groups is 2. The van der Waals surface area contributed by atoms with Crippen LogP contribution in [0.1, 0.15) is 40.6 Å². The minimum absolute atomic E-state index is 0.137. The molecule has 2 aliphatic rings. The molecule has 2 aromatic rings. The zero-order valence-electron chi connectivity index (χ0n) is 17.5. The Morgan fingerprint density at radius 3 is 2.68 bits per heavy atom. The van der Waals surface area contributed by atoms with Crippen LogP contribution in [0.3, 0.4) is 0 Å². The molecular weight excluding hydrogens is 436 g/mol. The number of fused-ring (bicyclic) bond motifs is 1. The molecule has 9 heteroatoms. The fraction of sp³-hybridized carbons (Fsp3) is 0.455. The molecular formula is C22H26N2O5S2. The van der Waals surface area contributed by atoms with Crippen molar-refractivity contribution in [3.63, 3.8) is 0 Å². The molecule has 1 aromatic heterocycles. The van der Waals surface area contributed by atoms with Gasteiger partial charge in [-0.2, -0.15) is 4.31 Å². The maximum absolute atomic E-state index is 13.2. The van der Waals surface area contributed by atoms with Gasteiger partial charge >= 0.3 is 5.97 Å². The number of benzene rings is 1. The lowest BCUT2D eigenvalue weighted by Crippen LogP contribution is -2.40. The molecule has 0 unspecified atom stereocenters. The summed E-state index contributed by atoms with van der Waals surface area (Å²) in [6.45, 7) is 3.83. The Labute approximate surface area is 186 Å². The van der Waals surface area contributed by atoms with E-state index in [1.165, 1.54) is 15.2 Å². The first kappa shape index (κ1) is 22.0. The number of ether oxygens (including phenoxy) is 1. The largest absolute Gasteiger partial charge is 0.466 e. The Kier molecular flexibility index (Phi) is 6.45. The first-order valence-corrected chi connectivity index (χ1v) is 12.8. The van der Waals surface area contributed by atoms with E-state index in [9.17, 15) is 18.0 Å². The third-order valence-corrected chi connectivity index (χ3v) is 8.76. The number of hydrogen-bond donors (Lipinski definition) is 0. The number of rotatable bonds is 5. The Bertz CT molecular complexity index is 1070. The van der Waals surface area contributed by atoms with Gasteiger partial charge in [-0.25, -0.2) is 8.42 Å². The van der Waals surface area contributed by atoms with Gasteiger partial charge in [0.15, 0.2) is 0 Å². The van der Waals surface area contributed by atoms with Gasteiger partial charge in [0.25, 0.3) is 5.91 Å². The van der Waals surface area contributed by atoms with Gasteiger partial charge < -0.3 is 9.64 Å². The van der Waals surface area contributed by atoms with Crippen molar-refractivity contribution < 1.29 is 22.7 Å². The number of hydrogen-bond acceptors (Lipinski definition) is 6. The number of esters is 1. The lowest BCUT2D eigenvalue weighted by atomic mass is 9.96. The minimum atomic E-state index is -3.69. The van der Waals surface area contributed by atoms with Crippen molar-refractivity contribution in [1.29, 1.82) is 0 Å². The number of likely N-dealkylation sites (tertiary alicyclic amines) is 1. The maximum Gasteiger partial charge on any atom is 0.309 e. The highest BCUT2D eigenvalue weighted by atomic mass is 32.2. The van der Waals surface area contributed by atoms with Crippen LogP contribution in [0, 0.1) is 5.92 Å². The summed E-state index contributed by atoms with van der Waals surface area (Å²) in [6, 6.07) is 8.25. The van der Waals surface area contributed by atoms with Crippen LogP contribution in [-0.2, 0) is 32.5 Å². The highest BCUT2D eigenvalue weighted by Crippen LogP contribution is 2.29. The van der Waals surface area contributed by atoms with E-state index in [1.807, 2.05) is 11.4 Å². The van der Waals surface area contributed by atoms with Crippen molar-refractivity contribution in [3.05, 3.63) is 51.7 Å². The second kappa shape index (κ2) is 9.10. The highest BCUT2D eigenvalue weighted by molar-refractivity contribution is 7.89. The average molecular weight is 463 g/mol. The molecule has 1 saturated heterocycles. The zero-order chi connectivity index (χ0) is 22.0. The van der Waals surface area contributed by atoms with Crippen LogP contribution in [0.4, 0.5) is 0 Å². The number of thiophene rings is 1. The molecule has 4 rings (SSSR count). The standard InChI is InChI=1S/C22H26N2O5S2/c1-2-29-22(26)16-6-10-23(11-7-16)21(25)17-4-3-5-19(14-17)31(27,28)24-12-8-20-18(15-24)9-13-30-20/h3-5,9,13-14,16H,2,6-8,10-12,15H2,1H3. The predicted octanol–water partition coefficient (Wildman–Crippen LogP) is 2.91. The molecule has 31 heavy (non-hydrogen) atoms. The summed E-state index contributed by atoms with van der Waals surface area (Å²) in [6.07, 6.45) is 1.82. The van der Waals surface area contributed by atoms with E-state index in [0.29, 0.717) is 57.6 Å². The molecule has 1 aromatic carbocycles. The lowest BCUT2D eigenvalue weighted by Gasteiger charge is -2.31. The van der Waals surface area contributed by atoms with Crippen LogP contribution >= 0.6 is 11.3 Å². The fourth-order valence-corrected chi connectivity index (χ4v) is 6.48. The first-order valence-electron chi connectivity index (χ1n) is 10.5. The number of sulfonamides is 1. The second-order valence-corrected chi connectivity index (χ2v) is 10.7.